The summed E-state index contributed by atoms with van der Waals surface area (Å²) in [5, 5.41) is 15.8. The fourth-order valence-corrected chi connectivity index (χ4v) is 4.06. The van der Waals surface area contributed by atoms with Gasteiger partial charge < -0.3 is 25.4 Å². The minimum absolute atomic E-state index is 0.0606. The lowest BCUT2D eigenvalue weighted by molar-refractivity contribution is -0.137. The summed E-state index contributed by atoms with van der Waals surface area (Å²) in [6.45, 7) is 1.40. The zero-order valence-corrected chi connectivity index (χ0v) is 20.9. The van der Waals surface area contributed by atoms with E-state index in [1.54, 1.807) is 12.1 Å². The second kappa shape index (κ2) is 11.3. The Balaban J connectivity index is 1.67. The van der Waals surface area contributed by atoms with Gasteiger partial charge in [0.05, 0.1) is 17.0 Å². The van der Waals surface area contributed by atoms with Crippen molar-refractivity contribution in [2.24, 2.45) is 0 Å². The van der Waals surface area contributed by atoms with Gasteiger partial charge in [0.2, 0.25) is 0 Å². The van der Waals surface area contributed by atoms with Crippen LogP contribution in [-0.4, -0.2) is 49.1 Å². The number of fused-ring (bicyclic) bond motifs is 1. The molecule has 0 unspecified atom stereocenters. The first-order valence-corrected chi connectivity index (χ1v) is 12.0. The van der Waals surface area contributed by atoms with E-state index < -0.39 is 5.97 Å². The van der Waals surface area contributed by atoms with E-state index in [4.69, 9.17) is 21.4 Å². The summed E-state index contributed by atoms with van der Waals surface area (Å²) in [6, 6.07) is 20.5. The molecular weight excluding hydrogens is 478 g/mol. The molecule has 0 bridgehead atoms. The van der Waals surface area contributed by atoms with Gasteiger partial charge in [0, 0.05) is 29.2 Å². The first-order valence-electron chi connectivity index (χ1n) is 11.6. The Bertz CT molecular complexity index is 1290. The highest BCUT2D eigenvalue weighted by Gasteiger charge is 2.28. The van der Waals surface area contributed by atoms with E-state index in [1.807, 2.05) is 68.7 Å². The van der Waals surface area contributed by atoms with Crippen molar-refractivity contribution in [3.05, 3.63) is 88.4 Å². The Morgan fingerprint density at radius 1 is 1.06 bits per heavy atom. The quantitative estimate of drug-likeness (QED) is 0.327. The topological polar surface area (TPSA) is 90.9 Å². The zero-order valence-electron chi connectivity index (χ0n) is 20.2. The standard InChI is InChI=1S/C28H28ClN3O4/c1-32(2)15-16-36-22-11-9-21(10-12-22)30-27(19-6-3-18(4-7-19)5-14-25(33)34)26-23-13-8-20(29)17-24(23)31-28(26)35/h3-4,6-13,17,30H,5,14-16H2,1-2H3,(H,31,35)(H,33,34)/b27-26-. The second-order valence-corrected chi connectivity index (χ2v) is 9.22. The molecule has 0 saturated heterocycles. The average Bonchev–Trinajstić information content (AvgIpc) is 3.16. The van der Waals surface area contributed by atoms with Crippen LogP contribution < -0.4 is 15.4 Å². The third kappa shape index (κ3) is 6.24. The third-order valence-corrected chi connectivity index (χ3v) is 6.01. The number of carbonyl (C=O) groups is 2. The molecule has 1 aliphatic rings. The molecule has 0 spiro atoms. The fourth-order valence-electron chi connectivity index (χ4n) is 3.89. The van der Waals surface area contributed by atoms with Crippen LogP contribution >= 0.6 is 11.6 Å². The van der Waals surface area contributed by atoms with E-state index in [-0.39, 0.29) is 12.3 Å². The van der Waals surface area contributed by atoms with Crippen LogP contribution in [-0.2, 0) is 16.0 Å². The van der Waals surface area contributed by atoms with E-state index in [0.717, 1.165) is 34.7 Å². The molecule has 1 amide bonds. The van der Waals surface area contributed by atoms with Gasteiger partial charge in [-0.2, -0.15) is 0 Å². The van der Waals surface area contributed by atoms with Crippen molar-refractivity contribution in [3.63, 3.8) is 0 Å². The van der Waals surface area contributed by atoms with Gasteiger partial charge in [-0.25, -0.2) is 0 Å². The van der Waals surface area contributed by atoms with Crippen LogP contribution in [0.15, 0.2) is 66.7 Å². The summed E-state index contributed by atoms with van der Waals surface area (Å²) in [6.07, 6.45) is 0.497. The number of ether oxygens (including phenoxy) is 1. The van der Waals surface area contributed by atoms with E-state index in [9.17, 15) is 9.59 Å². The van der Waals surface area contributed by atoms with E-state index in [1.165, 1.54) is 0 Å². The van der Waals surface area contributed by atoms with E-state index in [2.05, 4.69) is 15.5 Å². The molecule has 1 heterocycles. The Labute approximate surface area is 215 Å². The van der Waals surface area contributed by atoms with Crippen LogP contribution in [0.2, 0.25) is 5.02 Å². The predicted molar refractivity (Wildman–Crippen MR) is 143 cm³/mol. The maximum atomic E-state index is 13.1. The van der Waals surface area contributed by atoms with Gasteiger partial charge in [-0.05, 0) is 68.0 Å². The molecule has 1 aliphatic heterocycles. The normalized spacial score (nSPS) is 13.8. The largest absolute Gasteiger partial charge is 0.492 e. The van der Waals surface area contributed by atoms with Crippen LogP contribution in [0.5, 0.6) is 5.75 Å². The van der Waals surface area contributed by atoms with Crippen molar-refractivity contribution in [3.8, 4) is 5.75 Å². The summed E-state index contributed by atoms with van der Waals surface area (Å²) in [5.41, 5.74) is 5.06. The Hall–Kier alpha value is -3.81. The van der Waals surface area contributed by atoms with Crippen molar-refractivity contribution >= 4 is 46.1 Å². The molecule has 36 heavy (non-hydrogen) atoms. The molecule has 186 valence electrons. The molecule has 0 radical (unpaired) electrons. The maximum absolute atomic E-state index is 13.1. The van der Waals surface area contributed by atoms with Crippen LogP contribution in [0.3, 0.4) is 0 Å². The van der Waals surface area contributed by atoms with Crippen LogP contribution in [0.1, 0.15) is 23.1 Å². The number of carbonyl (C=O) groups excluding carboxylic acids is 1. The molecule has 3 N–H and O–H groups in total. The molecule has 8 heteroatoms. The van der Waals surface area contributed by atoms with Gasteiger partial charge >= 0.3 is 5.97 Å². The Morgan fingerprint density at radius 3 is 2.44 bits per heavy atom. The van der Waals surface area contributed by atoms with E-state index in [0.29, 0.717) is 35.0 Å². The molecule has 0 aliphatic carbocycles. The smallest absolute Gasteiger partial charge is 0.303 e. The first kappa shape index (κ1) is 25.3. The summed E-state index contributed by atoms with van der Waals surface area (Å²) in [4.78, 5) is 26.1. The number of aliphatic carboxylic acids is 1. The Kier molecular flexibility index (Phi) is 7.93. The van der Waals surface area contributed by atoms with Crippen molar-refractivity contribution in [2.45, 2.75) is 12.8 Å². The molecule has 0 saturated carbocycles. The number of halogens is 1. The van der Waals surface area contributed by atoms with Gasteiger partial charge in [-0.3, -0.25) is 9.59 Å². The van der Waals surface area contributed by atoms with E-state index >= 15 is 0 Å². The summed E-state index contributed by atoms with van der Waals surface area (Å²) in [7, 11) is 3.99. The number of hydrogen-bond acceptors (Lipinski definition) is 5. The van der Waals surface area contributed by atoms with Gasteiger partial charge in [0.15, 0.2) is 0 Å². The van der Waals surface area contributed by atoms with Crippen LogP contribution in [0.25, 0.3) is 11.3 Å². The molecule has 0 aromatic heterocycles. The predicted octanol–water partition coefficient (Wildman–Crippen LogP) is 5.23. The van der Waals surface area contributed by atoms with Gasteiger partial charge in [0.1, 0.15) is 12.4 Å². The SMILES string of the molecule is CN(C)CCOc1ccc(N/C(=C2\C(=O)Nc3cc(Cl)ccc32)c2ccc(CCC(=O)O)cc2)cc1. The summed E-state index contributed by atoms with van der Waals surface area (Å²) in [5.74, 6) is -0.304. The summed E-state index contributed by atoms with van der Waals surface area (Å²) >= 11 is 6.14. The number of likely N-dealkylation sites (N-methyl/N-ethyl adjacent to an activating group) is 1. The number of rotatable bonds is 10. The number of anilines is 2. The van der Waals surface area contributed by atoms with Crippen molar-refractivity contribution in [2.75, 3.05) is 37.9 Å². The highest BCUT2D eigenvalue weighted by atomic mass is 35.5. The van der Waals surface area contributed by atoms with Crippen LogP contribution in [0.4, 0.5) is 11.4 Å². The number of carboxylic acids is 1. The monoisotopic (exact) mass is 505 g/mol. The van der Waals surface area contributed by atoms with Gasteiger partial charge in [-0.15, -0.1) is 0 Å². The molecule has 0 fully saturated rings. The van der Waals surface area contributed by atoms with Crippen molar-refractivity contribution in [1.82, 2.24) is 4.90 Å². The average molecular weight is 506 g/mol. The summed E-state index contributed by atoms with van der Waals surface area (Å²) < 4.78 is 5.79. The number of nitrogens with one attached hydrogen (secondary N) is 2. The molecule has 0 atom stereocenters. The third-order valence-electron chi connectivity index (χ3n) is 5.78. The minimum atomic E-state index is -0.837. The number of hydrogen-bond donors (Lipinski definition) is 3. The minimum Gasteiger partial charge on any atom is -0.492 e. The lowest BCUT2D eigenvalue weighted by Crippen LogP contribution is -2.19. The highest BCUT2D eigenvalue weighted by Crippen LogP contribution is 2.39. The van der Waals surface area contributed by atoms with Crippen LogP contribution in [0, 0.1) is 0 Å². The highest BCUT2D eigenvalue weighted by molar-refractivity contribution is 6.38. The number of benzene rings is 3. The molecular formula is C28H28ClN3O4. The number of nitrogens with zero attached hydrogens (tertiary/aromatic N) is 1. The molecule has 3 aromatic rings. The fraction of sp³-hybridized carbons (Fsp3) is 0.214. The van der Waals surface area contributed by atoms with Gasteiger partial charge in [0.25, 0.3) is 5.91 Å². The zero-order chi connectivity index (χ0) is 25.7. The van der Waals surface area contributed by atoms with Crippen molar-refractivity contribution in [1.29, 1.82) is 0 Å². The number of amides is 1. The number of carboxylic acid groups (broad SMARTS) is 1. The maximum Gasteiger partial charge on any atom is 0.303 e. The lowest BCUT2D eigenvalue weighted by Gasteiger charge is -2.16. The van der Waals surface area contributed by atoms with Gasteiger partial charge in [-0.1, -0.05) is 41.9 Å². The number of aryl methyl sites for hydroxylation is 1. The van der Waals surface area contributed by atoms with Crippen molar-refractivity contribution < 1.29 is 19.4 Å². The molecule has 3 aromatic carbocycles. The lowest BCUT2D eigenvalue weighted by atomic mass is 9.98. The first-order chi connectivity index (χ1) is 17.3. The Morgan fingerprint density at radius 2 is 1.78 bits per heavy atom. The second-order valence-electron chi connectivity index (χ2n) is 8.79. The molecule has 7 nitrogen and oxygen atoms in total. The molecule has 4 rings (SSSR count).